The molecule has 2 heteroatoms. The highest BCUT2D eigenvalue weighted by Crippen LogP contribution is 2.40. The monoisotopic (exact) mass is 455 g/mol. The fourth-order valence-electron chi connectivity index (χ4n) is 6.41. The molecule has 0 spiro atoms. The standard InChI is InChI=1S/C30H62FN/c1-12-15-17-26(20-28(21(4)5)23(8)16-13-2)18-19-27(24(9)25(10)32-11)30(22(6)7)29(31)14-3/h21-30,32H,12-20H2,1-11H3. The van der Waals surface area contributed by atoms with Crippen LogP contribution in [0.25, 0.3) is 0 Å². The van der Waals surface area contributed by atoms with E-state index >= 15 is 4.39 Å². The molecule has 0 aromatic heterocycles. The third kappa shape index (κ3) is 10.9. The molecule has 0 aromatic rings. The Bertz CT molecular complexity index is 435. The van der Waals surface area contributed by atoms with Crippen LogP contribution in [0.3, 0.4) is 0 Å². The predicted octanol–water partition coefficient (Wildman–Crippen LogP) is 9.55. The minimum absolute atomic E-state index is 0.164. The largest absolute Gasteiger partial charge is 0.317 e. The van der Waals surface area contributed by atoms with Crippen LogP contribution in [0.4, 0.5) is 4.39 Å². The molecule has 1 nitrogen and oxygen atoms in total. The number of nitrogens with one attached hydrogen (secondary N) is 1. The number of hydrogen-bond donors (Lipinski definition) is 1. The molecule has 0 rings (SSSR count). The van der Waals surface area contributed by atoms with Crippen molar-refractivity contribution in [3.8, 4) is 0 Å². The zero-order chi connectivity index (χ0) is 24.8. The van der Waals surface area contributed by atoms with Crippen LogP contribution in [0.15, 0.2) is 0 Å². The van der Waals surface area contributed by atoms with Gasteiger partial charge in [-0.3, -0.25) is 0 Å². The molecule has 0 amide bonds. The molecule has 8 unspecified atom stereocenters. The van der Waals surface area contributed by atoms with Crippen molar-refractivity contribution in [2.75, 3.05) is 7.05 Å². The quantitative estimate of drug-likeness (QED) is 0.204. The number of alkyl halides is 1. The van der Waals surface area contributed by atoms with Gasteiger partial charge in [0.25, 0.3) is 0 Å². The Morgan fingerprint density at radius 3 is 1.78 bits per heavy atom. The second-order valence-electron chi connectivity index (χ2n) is 11.8. The summed E-state index contributed by atoms with van der Waals surface area (Å²) < 4.78 is 15.2. The smallest absolute Gasteiger partial charge is 0.103 e. The van der Waals surface area contributed by atoms with Crippen LogP contribution in [0.1, 0.15) is 127 Å². The summed E-state index contributed by atoms with van der Waals surface area (Å²) in [5.74, 6) is 4.65. The molecule has 0 saturated heterocycles. The van der Waals surface area contributed by atoms with Crippen molar-refractivity contribution in [3.63, 3.8) is 0 Å². The summed E-state index contributed by atoms with van der Waals surface area (Å²) in [7, 11) is 2.06. The van der Waals surface area contributed by atoms with E-state index < -0.39 is 6.17 Å². The molecule has 194 valence electrons. The van der Waals surface area contributed by atoms with E-state index in [0.717, 1.165) is 23.7 Å². The van der Waals surface area contributed by atoms with Crippen molar-refractivity contribution >= 4 is 0 Å². The van der Waals surface area contributed by atoms with Crippen molar-refractivity contribution in [2.45, 2.75) is 139 Å². The second kappa shape index (κ2) is 17.3. The second-order valence-corrected chi connectivity index (χ2v) is 11.8. The molecule has 32 heavy (non-hydrogen) atoms. The summed E-state index contributed by atoms with van der Waals surface area (Å²) in [4.78, 5) is 0. The molecular formula is C30H62FN. The van der Waals surface area contributed by atoms with Crippen LogP contribution in [-0.4, -0.2) is 19.3 Å². The predicted molar refractivity (Wildman–Crippen MR) is 144 cm³/mol. The summed E-state index contributed by atoms with van der Waals surface area (Å²) in [5.41, 5.74) is 0. The average molecular weight is 456 g/mol. The summed E-state index contributed by atoms with van der Waals surface area (Å²) in [6, 6.07) is 0.424. The summed E-state index contributed by atoms with van der Waals surface area (Å²) >= 11 is 0. The van der Waals surface area contributed by atoms with E-state index in [2.05, 4.69) is 74.7 Å². The Morgan fingerprint density at radius 1 is 0.719 bits per heavy atom. The normalized spacial score (nSPS) is 20.1. The average Bonchev–Trinajstić information content (AvgIpc) is 2.75. The number of hydrogen-bond acceptors (Lipinski definition) is 1. The molecule has 0 aliphatic rings. The van der Waals surface area contributed by atoms with Gasteiger partial charge < -0.3 is 5.32 Å². The van der Waals surface area contributed by atoms with Crippen molar-refractivity contribution in [1.29, 1.82) is 0 Å². The first-order chi connectivity index (χ1) is 15.0. The van der Waals surface area contributed by atoms with Crippen LogP contribution in [-0.2, 0) is 0 Å². The maximum absolute atomic E-state index is 15.2. The molecule has 0 aliphatic heterocycles. The maximum atomic E-state index is 15.2. The van der Waals surface area contributed by atoms with Gasteiger partial charge in [0.2, 0.25) is 0 Å². The van der Waals surface area contributed by atoms with Gasteiger partial charge in [0.15, 0.2) is 0 Å². The summed E-state index contributed by atoms with van der Waals surface area (Å²) in [6.45, 7) is 23.1. The van der Waals surface area contributed by atoms with Crippen LogP contribution in [0, 0.1) is 47.3 Å². The highest BCUT2D eigenvalue weighted by molar-refractivity contribution is 4.87. The van der Waals surface area contributed by atoms with Crippen LogP contribution in [0.2, 0.25) is 0 Å². The lowest BCUT2D eigenvalue weighted by molar-refractivity contribution is 0.0611. The lowest BCUT2D eigenvalue weighted by Crippen LogP contribution is -2.41. The summed E-state index contributed by atoms with van der Waals surface area (Å²) in [5, 5.41) is 3.47. The molecule has 1 N–H and O–H groups in total. The van der Waals surface area contributed by atoms with Crippen molar-refractivity contribution in [2.24, 2.45) is 47.3 Å². The third-order valence-corrected chi connectivity index (χ3v) is 8.80. The summed E-state index contributed by atoms with van der Waals surface area (Å²) in [6.07, 6.45) is 10.4. The van der Waals surface area contributed by atoms with E-state index in [4.69, 9.17) is 0 Å². The first kappa shape index (κ1) is 31.9. The van der Waals surface area contributed by atoms with Gasteiger partial charge in [-0.05, 0) is 80.6 Å². The van der Waals surface area contributed by atoms with E-state index in [1.54, 1.807) is 0 Å². The molecule has 0 saturated carbocycles. The Kier molecular flexibility index (Phi) is 17.3. The van der Waals surface area contributed by atoms with Gasteiger partial charge in [0.05, 0.1) is 0 Å². The van der Waals surface area contributed by atoms with Crippen molar-refractivity contribution in [3.05, 3.63) is 0 Å². The lowest BCUT2D eigenvalue weighted by Gasteiger charge is -2.40. The molecule has 0 bridgehead atoms. The molecule has 0 aliphatic carbocycles. The number of rotatable bonds is 19. The van der Waals surface area contributed by atoms with Crippen LogP contribution in [0.5, 0.6) is 0 Å². The van der Waals surface area contributed by atoms with Gasteiger partial charge in [-0.2, -0.15) is 0 Å². The van der Waals surface area contributed by atoms with E-state index in [1.165, 1.54) is 51.4 Å². The van der Waals surface area contributed by atoms with E-state index in [1.807, 2.05) is 6.92 Å². The molecule has 0 radical (unpaired) electrons. The van der Waals surface area contributed by atoms with E-state index in [0.29, 0.717) is 30.2 Å². The fourth-order valence-corrected chi connectivity index (χ4v) is 6.41. The molecular weight excluding hydrogens is 393 g/mol. The van der Waals surface area contributed by atoms with Crippen molar-refractivity contribution in [1.82, 2.24) is 5.32 Å². The first-order valence-corrected chi connectivity index (χ1v) is 14.4. The zero-order valence-corrected chi connectivity index (χ0v) is 24.0. The highest BCUT2D eigenvalue weighted by Gasteiger charge is 2.36. The Labute approximate surface area is 203 Å². The number of halogens is 1. The van der Waals surface area contributed by atoms with Crippen LogP contribution < -0.4 is 5.32 Å². The topological polar surface area (TPSA) is 12.0 Å². The van der Waals surface area contributed by atoms with Gasteiger partial charge in [-0.15, -0.1) is 0 Å². The van der Waals surface area contributed by atoms with Gasteiger partial charge in [0.1, 0.15) is 6.17 Å². The lowest BCUT2D eigenvalue weighted by atomic mass is 9.68. The Balaban J connectivity index is 5.65. The van der Waals surface area contributed by atoms with Gasteiger partial charge in [-0.1, -0.05) is 101 Å². The SMILES string of the molecule is CCCCC(CCC(C(C)C(C)NC)C(C(C)C)C(F)CC)CC(C(C)C)C(C)CCC. The fraction of sp³-hybridized carbons (Fsp3) is 1.00. The van der Waals surface area contributed by atoms with E-state index in [-0.39, 0.29) is 5.92 Å². The minimum Gasteiger partial charge on any atom is -0.317 e. The molecule has 8 atom stereocenters. The van der Waals surface area contributed by atoms with Gasteiger partial charge in [-0.25, -0.2) is 4.39 Å². The Hall–Kier alpha value is -0.110. The first-order valence-electron chi connectivity index (χ1n) is 14.4. The molecule has 0 aromatic carbocycles. The van der Waals surface area contributed by atoms with Crippen molar-refractivity contribution < 1.29 is 4.39 Å². The van der Waals surface area contributed by atoms with Gasteiger partial charge in [0, 0.05) is 6.04 Å². The van der Waals surface area contributed by atoms with Crippen LogP contribution >= 0.6 is 0 Å². The maximum Gasteiger partial charge on any atom is 0.103 e. The Morgan fingerprint density at radius 2 is 1.34 bits per heavy atom. The van der Waals surface area contributed by atoms with E-state index in [9.17, 15) is 0 Å². The molecule has 0 heterocycles. The van der Waals surface area contributed by atoms with Gasteiger partial charge >= 0.3 is 0 Å². The highest BCUT2D eigenvalue weighted by atomic mass is 19.1. The third-order valence-electron chi connectivity index (χ3n) is 8.80. The minimum atomic E-state index is -0.686. The zero-order valence-electron chi connectivity index (χ0n) is 24.0. The number of unbranched alkanes of at least 4 members (excludes halogenated alkanes) is 1. The molecule has 0 fully saturated rings.